The first-order chi connectivity index (χ1) is 10.2. The molecule has 5 nitrogen and oxygen atoms in total. The molecule has 0 radical (unpaired) electrons. The van der Waals surface area contributed by atoms with E-state index in [9.17, 15) is 0 Å². The molecule has 1 heterocycles. The van der Waals surface area contributed by atoms with Crippen LogP contribution in [0.1, 0.15) is 11.3 Å². The van der Waals surface area contributed by atoms with Crippen LogP contribution in [0.4, 0.5) is 0 Å². The zero-order valence-corrected chi connectivity index (χ0v) is 12.7. The Labute approximate surface area is 125 Å². The second-order valence-corrected chi connectivity index (χ2v) is 4.73. The minimum absolute atomic E-state index is 0.690. The van der Waals surface area contributed by atoms with Crippen LogP contribution >= 0.6 is 0 Å². The van der Waals surface area contributed by atoms with E-state index >= 15 is 0 Å². The van der Waals surface area contributed by atoms with Gasteiger partial charge in [-0.3, -0.25) is 0 Å². The summed E-state index contributed by atoms with van der Waals surface area (Å²) in [4.78, 5) is 8.93. The standard InChI is InChI=1S/C16H21N3O2/c1-12-10-13(4-5-15(12)21-3)16-18-7-6-14(19-16)11-17-8-9-20-2/h4-7,10,17H,8-9,11H2,1-3H3. The van der Waals surface area contributed by atoms with Crippen molar-refractivity contribution in [2.45, 2.75) is 13.5 Å². The first-order valence-electron chi connectivity index (χ1n) is 6.91. The zero-order chi connectivity index (χ0) is 15.1. The zero-order valence-electron chi connectivity index (χ0n) is 12.7. The summed E-state index contributed by atoms with van der Waals surface area (Å²) in [5.41, 5.74) is 3.03. The second kappa shape index (κ2) is 7.71. The first-order valence-corrected chi connectivity index (χ1v) is 6.91. The minimum atomic E-state index is 0.690. The highest BCUT2D eigenvalue weighted by Gasteiger charge is 2.05. The third kappa shape index (κ3) is 4.24. The Kier molecular flexibility index (Phi) is 5.66. The molecule has 0 aliphatic rings. The van der Waals surface area contributed by atoms with E-state index in [0.29, 0.717) is 13.2 Å². The van der Waals surface area contributed by atoms with Crippen molar-refractivity contribution in [1.29, 1.82) is 0 Å². The molecule has 0 aliphatic carbocycles. The number of aryl methyl sites for hydroxylation is 1. The van der Waals surface area contributed by atoms with Crippen molar-refractivity contribution < 1.29 is 9.47 Å². The van der Waals surface area contributed by atoms with Gasteiger partial charge in [-0.1, -0.05) is 0 Å². The third-order valence-electron chi connectivity index (χ3n) is 3.16. The lowest BCUT2D eigenvalue weighted by atomic mass is 10.1. The molecule has 0 amide bonds. The van der Waals surface area contributed by atoms with Crippen LogP contribution in [0.25, 0.3) is 11.4 Å². The molecule has 0 fully saturated rings. The van der Waals surface area contributed by atoms with Gasteiger partial charge in [0.05, 0.1) is 19.4 Å². The topological polar surface area (TPSA) is 56.3 Å². The number of aromatic nitrogens is 2. The van der Waals surface area contributed by atoms with Gasteiger partial charge in [0.2, 0.25) is 0 Å². The molecule has 1 aromatic carbocycles. The van der Waals surface area contributed by atoms with Crippen molar-refractivity contribution in [2.75, 3.05) is 27.4 Å². The quantitative estimate of drug-likeness (QED) is 0.791. The summed E-state index contributed by atoms with van der Waals surface area (Å²) in [5, 5.41) is 3.28. The van der Waals surface area contributed by atoms with E-state index in [1.807, 2.05) is 31.2 Å². The molecule has 0 spiro atoms. The maximum Gasteiger partial charge on any atom is 0.159 e. The molecule has 1 aromatic heterocycles. The molecule has 0 unspecified atom stereocenters. The van der Waals surface area contributed by atoms with Gasteiger partial charge in [-0.2, -0.15) is 0 Å². The summed E-state index contributed by atoms with van der Waals surface area (Å²) in [7, 11) is 3.36. The predicted octanol–water partition coefficient (Wildman–Crippen LogP) is 2.20. The maximum atomic E-state index is 5.27. The van der Waals surface area contributed by atoms with E-state index in [1.165, 1.54) is 0 Å². The molecule has 1 N–H and O–H groups in total. The van der Waals surface area contributed by atoms with Crippen LogP contribution < -0.4 is 10.1 Å². The van der Waals surface area contributed by atoms with Gasteiger partial charge in [0, 0.05) is 32.0 Å². The van der Waals surface area contributed by atoms with Gasteiger partial charge in [-0.25, -0.2) is 9.97 Å². The summed E-state index contributed by atoms with van der Waals surface area (Å²) in [6.07, 6.45) is 1.79. The molecule has 112 valence electrons. The fraction of sp³-hybridized carbons (Fsp3) is 0.375. The molecule has 21 heavy (non-hydrogen) atoms. The molecule has 2 rings (SSSR count). The van der Waals surface area contributed by atoms with Crippen LogP contribution in [0, 0.1) is 6.92 Å². The minimum Gasteiger partial charge on any atom is -0.496 e. The molecule has 2 aromatic rings. The Hall–Kier alpha value is -1.98. The Balaban J connectivity index is 2.11. The summed E-state index contributed by atoms with van der Waals surface area (Å²) in [5.74, 6) is 1.60. The average molecular weight is 287 g/mol. The van der Waals surface area contributed by atoms with Crippen LogP contribution in [-0.2, 0) is 11.3 Å². The number of nitrogens with zero attached hydrogens (tertiary/aromatic N) is 2. The van der Waals surface area contributed by atoms with E-state index in [0.717, 1.165) is 34.9 Å². The van der Waals surface area contributed by atoms with Crippen LogP contribution in [0.5, 0.6) is 5.75 Å². The molecular formula is C16H21N3O2. The third-order valence-corrected chi connectivity index (χ3v) is 3.16. The Bertz CT molecular complexity index is 587. The van der Waals surface area contributed by atoms with Crippen molar-refractivity contribution in [1.82, 2.24) is 15.3 Å². The fourth-order valence-electron chi connectivity index (χ4n) is 2.04. The number of methoxy groups -OCH3 is 2. The number of hydrogen-bond donors (Lipinski definition) is 1. The molecule has 0 aliphatic heterocycles. The van der Waals surface area contributed by atoms with Gasteiger partial charge in [0.15, 0.2) is 5.82 Å². The number of rotatable bonds is 7. The number of nitrogens with one attached hydrogen (secondary N) is 1. The van der Waals surface area contributed by atoms with E-state index in [2.05, 4.69) is 15.3 Å². The van der Waals surface area contributed by atoms with Gasteiger partial charge >= 0.3 is 0 Å². The number of hydrogen-bond acceptors (Lipinski definition) is 5. The van der Waals surface area contributed by atoms with E-state index in [4.69, 9.17) is 9.47 Å². The van der Waals surface area contributed by atoms with Crippen molar-refractivity contribution in [2.24, 2.45) is 0 Å². The predicted molar refractivity (Wildman–Crippen MR) is 82.3 cm³/mol. The average Bonchev–Trinajstić information content (AvgIpc) is 2.52. The molecule has 0 atom stereocenters. The molecule has 5 heteroatoms. The van der Waals surface area contributed by atoms with E-state index in [1.54, 1.807) is 20.4 Å². The van der Waals surface area contributed by atoms with Crippen molar-refractivity contribution in [3.63, 3.8) is 0 Å². The summed E-state index contributed by atoms with van der Waals surface area (Å²) < 4.78 is 10.3. The normalized spacial score (nSPS) is 10.6. The van der Waals surface area contributed by atoms with Crippen LogP contribution in [0.15, 0.2) is 30.5 Å². The highest BCUT2D eigenvalue weighted by molar-refractivity contribution is 5.58. The smallest absolute Gasteiger partial charge is 0.159 e. The Morgan fingerprint density at radius 1 is 1.19 bits per heavy atom. The molecule has 0 saturated carbocycles. The molecule has 0 saturated heterocycles. The summed E-state index contributed by atoms with van der Waals surface area (Å²) in [6, 6.07) is 7.87. The van der Waals surface area contributed by atoms with Gasteiger partial charge in [-0.05, 0) is 36.8 Å². The second-order valence-electron chi connectivity index (χ2n) is 4.73. The fourth-order valence-corrected chi connectivity index (χ4v) is 2.04. The Morgan fingerprint density at radius 3 is 2.76 bits per heavy atom. The van der Waals surface area contributed by atoms with Gasteiger partial charge in [0.25, 0.3) is 0 Å². The van der Waals surface area contributed by atoms with Crippen molar-refractivity contribution >= 4 is 0 Å². The highest BCUT2D eigenvalue weighted by Crippen LogP contribution is 2.23. The summed E-state index contributed by atoms with van der Waals surface area (Å²) in [6.45, 7) is 4.21. The SMILES string of the molecule is COCCNCc1ccnc(-c2ccc(OC)c(C)c2)n1. The van der Waals surface area contributed by atoms with Gasteiger partial charge in [0.1, 0.15) is 5.75 Å². The lowest BCUT2D eigenvalue weighted by Crippen LogP contribution is -2.19. The molecule has 0 bridgehead atoms. The Morgan fingerprint density at radius 2 is 2.05 bits per heavy atom. The lowest BCUT2D eigenvalue weighted by Gasteiger charge is -2.08. The van der Waals surface area contributed by atoms with E-state index < -0.39 is 0 Å². The monoisotopic (exact) mass is 287 g/mol. The summed E-state index contributed by atoms with van der Waals surface area (Å²) >= 11 is 0. The van der Waals surface area contributed by atoms with Gasteiger partial charge < -0.3 is 14.8 Å². The van der Waals surface area contributed by atoms with Crippen LogP contribution in [0.3, 0.4) is 0 Å². The lowest BCUT2D eigenvalue weighted by molar-refractivity contribution is 0.199. The van der Waals surface area contributed by atoms with Crippen LogP contribution in [-0.4, -0.2) is 37.3 Å². The first kappa shape index (κ1) is 15.4. The highest BCUT2D eigenvalue weighted by atomic mass is 16.5. The van der Waals surface area contributed by atoms with Crippen LogP contribution in [0.2, 0.25) is 0 Å². The van der Waals surface area contributed by atoms with E-state index in [-0.39, 0.29) is 0 Å². The molecular weight excluding hydrogens is 266 g/mol. The maximum absolute atomic E-state index is 5.27. The van der Waals surface area contributed by atoms with Crippen molar-refractivity contribution in [3.8, 4) is 17.1 Å². The number of benzene rings is 1. The van der Waals surface area contributed by atoms with Gasteiger partial charge in [-0.15, -0.1) is 0 Å². The number of ether oxygens (including phenoxy) is 2. The largest absolute Gasteiger partial charge is 0.496 e. The van der Waals surface area contributed by atoms with Crippen molar-refractivity contribution in [3.05, 3.63) is 41.7 Å².